The van der Waals surface area contributed by atoms with E-state index in [0.29, 0.717) is 23.0 Å². The normalized spacial score (nSPS) is 19.1. The summed E-state index contributed by atoms with van der Waals surface area (Å²) in [6.07, 6.45) is 5.81. The van der Waals surface area contributed by atoms with Gasteiger partial charge < -0.3 is 9.80 Å². The van der Waals surface area contributed by atoms with Gasteiger partial charge in [0.1, 0.15) is 5.56 Å². The molecule has 3 rings (SSSR count). The highest BCUT2D eigenvalue weighted by molar-refractivity contribution is 5.99. The van der Waals surface area contributed by atoms with Crippen LogP contribution < -0.4 is 0 Å². The largest absolute Gasteiger partial charge is 0.345 e. The molecule has 1 saturated heterocycles. The number of nitrogens with zero attached hydrogens (tertiary/aromatic N) is 5. The molecule has 6 heteroatoms. The van der Waals surface area contributed by atoms with Gasteiger partial charge in [-0.25, -0.2) is 9.50 Å². The summed E-state index contributed by atoms with van der Waals surface area (Å²) in [5, 5.41) is 4.47. The van der Waals surface area contributed by atoms with Crippen LogP contribution in [-0.4, -0.2) is 64.0 Å². The van der Waals surface area contributed by atoms with Crippen LogP contribution in [-0.2, 0) is 0 Å². The van der Waals surface area contributed by atoms with Crippen LogP contribution in [0.3, 0.4) is 0 Å². The zero-order valence-corrected chi connectivity index (χ0v) is 15.1. The van der Waals surface area contributed by atoms with E-state index in [4.69, 9.17) is 0 Å². The lowest BCUT2D eigenvalue weighted by Crippen LogP contribution is -2.37. The third kappa shape index (κ3) is 3.29. The van der Waals surface area contributed by atoms with Gasteiger partial charge in [0.05, 0.1) is 11.9 Å². The van der Waals surface area contributed by atoms with E-state index in [2.05, 4.69) is 28.8 Å². The predicted octanol–water partition coefficient (Wildman–Crippen LogP) is 2.27. The average molecular weight is 329 g/mol. The second-order valence-electron chi connectivity index (χ2n) is 7.36. The third-order valence-corrected chi connectivity index (χ3v) is 4.61. The molecule has 0 aromatic carbocycles. The van der Waals surface area contributed by atoms with E-state index in [-0.39, 0.29) is 5.91 Å². The zero-order valence-electron chi connectivity index (χ0n) is 15.1. The fourth-order valence-corrected chi connectivity index (χ4v) is 3.59. The van der Waals surface area contributed by atoms with E-state index in [0.717, 1.165) is 25.2 Å². The van der Waals surface area contributed by atoms with Gasteiger partial charge in [0, 0.05) is 39.3 Å². The first kappa shape index (κ1) is 16.9. The first-order chi connectivity index (χ1) is 11.5. The standard InChI is InChI=1S/C18H27N5O/c1-13(2)11-22-9-5-6-14(12-22)16-7-8-19-17-15(10-20-23(16)17)18(24)21(3)4/h7-8,10,13-14H,5-6,9,11-12H2,1-4H3. The van der Waals surface area contributed by atoms with Crippen LogP contribution in [0.2, 0.25) is 0 Å². The van der Waals surface area contributed by atoms with Crippen LogP contribution in [0, 0.1) is 5.92 Å². The van der Waals surface area contributed by atoms with E-state index < -0.39 is 0 Å². The summed E-state index contributed by atoms with van der Waals surface area (Å²) in [5.74, 6) is 1.06. The maximum atomic E-state index is 12.3. The summed E-state index contributed by atoms with van der Waals surface area (Å²) in [6.45, 7) is 7.89. The maximum absolute atomic E-state index is 12.3. The van der Waals surface area contributed by atoms with Crippen LogP contribution in [0.4, 0.5) is 0 Å². The maximum Gasteiger partial charge on any atom is 0.258 e. The Labute approximate surface area is 143 Å². The molecule has 1 amide bonds. The Kier molecular flexibility index (Phi) is 4.85. The van der Waals surface area contributed by atoms with E-state index in [1.165, 1.54) is 13.0 Å². The van der Waals surface area contributed by atoms with Crippen molar-refractivity contribution in [3.8, 4) is 0 Å². The lowest BCUT2D eigenvalue weighted by molar-refractivity contribution is 0.0829. The monoisotopic (exact) mass is 329 g/mol. The molecule has 0 bridgehead atoms. The Hall–Kier alpha value is -1.95. The van der Waals surface area contributed by atoms with Crippen LogP contribution in [0.1, 0.15) is 48.7 Å². The lowest BCUT2D eigenvalue weighted by Gasteiger charge is -2.33. The predicted molar refractivity (Wildman–Crippen MR) is 94.3 cm³/mol. The Balaban J connectivity index is 1.91. The number of carbonyl (C=O) groups excluding carboxylic acids is 1. The molecule has 0 spiro atoms. The summed E-state index contributed by atoms with van der Waals surface area (Å²) < 4.78 is 1.86. The molecule has 2 aromatic rings. The molecule has 130 valence electrons. The molecule has 0 radical (unpaired) electrons. The third-order valence-electron chi connectivity index (χ3n) is 4.61. The van der Waals surface area contributed by atoms with Crippen LogP contribution >= 0.6 is 0 Å². The van der Waals surface area contributed by atoms with Crippen molar-refractivity contribution in [2.45, 2.75) is 32.6 Å². The molecular formula is C18H27N5O. The molecule has 1 aliphatic heterocycles. The molecule has 1 aliphatic rings. The number of fused-ring (bicyclic) bond motifs is 1. The van der Waals surface area contributed by atoms with Crippen molar-refractivity contribution in [2.75, 3.05) is 33.7 Å². The van der Waals surface area contributed by atoms with E-state index in [1.54, 1.807) is 31.4 Å². The van der Waals surface area contributed by atoms with Gasteiger partial charge in [0.25, 0.3) is 5.91 Å². The SMILES string of the molecule is CC(C)CN1CCCC(c2ccnc3c(C(=O)N(C)C)cnn23)C1. The van der Waals surface area contributed by atoms with Crippen molar-refractivity contribution in [1.29, 1.82) is 0 Å². The topological polar surface area (TPSA) is 53.7 Å². The minimum atomic E-state index is -0.0558. The van der Waals surface area contributed by atoms with Gasteiger partial charge in [-0.1, -0.05) is 13.8 Å². The van der Waals surface area contributed by atoms with Gasteiger partial charge >= 0.3 is 0 Å². The second-order valence-corrected chi connectivity index (χ2v) is 7.36. The van der Waals surface area contributed by atoms with E-state index in [1.807, 2.05) is 10.6 Å². The van der Waals surface area contributed by atoms with Crippen molar-refractivity contribution in [3.63, 3.8) is 0 Å². The molecule has 0 aliphatic carbocycles. The van der Waals surface area contributed by atoms with Crippen LogP contribution in [0.25, 0.3) is 5.65 Å². The summed E-state index contributed by atoms with van der Waals surface area (Å²) in [6, 6.07) is 2.05. The molecule has 24 heavy (non-hydrogen) atoms. The molecule has 2 aromatic heterocycles. The lowest BCUT2D eigenvalue weighted by atomic mass is 9.94. The highest BCUT2D eigenvalue weighted by Crippen LogP contribution is 2.28. The zero-order chi connectivity index (χ0) is 17.3. The highest BCUT2D eigenvalue weighted by Gasteiger charge is 2.25. The number of aromatic nitrogens is 3. The molecular weight excluding hydrogens is 302 g/mol. The van der Waals surface area contributed by atoms with Gasteiger partial charge in [-0.15, -0.1) is 0 Å². The average Bonchev–Trinajstić information content (AvgIpc) is 2.97. The Morgan fingerprint density at radius 1 is 1.42 bits per heavy atom. The van der Waals surface area contributed by atoms with Gasteiger partial charge in [-0.05, 0) is 31.4 Å². The Bertz CT molecular complexity index is 721. The van der Waals surface area contributed by atoms with Gasteiger partial charge in [-0.3, -0.25) is 4.79 Å². The van der Waals surface area contributed by atoms with E-state index >= 15 is 0 Å². The van der Waals surface area contributed by atoms with Gasteiger partial charge in [-0.2, -0.15) is 5.10 Å². The van der Waals surface area contributed by atoms with Crippen molar-refractivity contribution < 1.29 is 4.79 Å². The molecule has 1 atom stereocenters. The fraction of sp³-hybridized carbons (Fsp3) is 0.611. The fourth-order valence-electron chi connectivity index (χ4n) is 3.59. The first-order valence-electron chi connectivity index (χ1n) is 8.74. The minimum absolute atomic E-state index is 0.0558. The van der Waals surface area contributed by atoms with Gasteiger partial charge in [0.2, 0.25) is 0 Å². The van der Waals surface area contributed by atoms with Crippen molar-refractivity contribution >= 4 is 11.6 Å². The van der Waals surface area contributed by atoms with Crippen LogP contribution in [0.15, 0.2) is 18.5 Å². The Morgan fingerprint density at radius 2 is 2.21 bits per heavy atom. The molecule has 0 N–H and O–H groups in total. The minimum Gasteiger partial charge on any atom is -0.345 e. The summed E-state index contributed by atoms with van der Waals surface area (Å²) in [5.41, 5.74) is 2.38. The molecule has 0 saturated carbocycles. The number of rotatable bonds is 4. The summed E-state index contributed by atoms with van der Waals surface area (Å²) in [4.78, 5) is 20.8. The van der Waals surface area contributed by atoms with Crippen molar-refractivity contribution in [2.24, 2.45) is 5.92 Å². The Morgan fingerprint density at radius 3 is 2.92 bits per heavy atom. The van der Waals surface area contributed by atoms with Crippen molar-refractivity contribution in [1.82, 2.24) is 24.4 Å². The van der Waals surface area contributed by atoms with Crippen molar-refractivity contribution in [3.05, 3.63) is 29.7 Å². The quantitative estimate of drug-likeness (QED) is 0.863. The number of hydrogen-bond donors (Lipinski definition) is 0. The molecule has 1 fully saturated rings. The molecule has 1 unspecified atom stereocenters. The van der Waals surface area contributed by atoms with Gasteiger partial charge in [0.15, 0.2) is 5.65 Å². The molecule has 3 heterocycles. The number of piperidine rings is 1. The first-order valence-corrected chi connectivity index (χ1v) is 8.74. The van der Waals surface area contributed by atoms with E-state index in [9.17, 15) is 4.79 Å². The smallest absolute Gasteiger partial charge is 0.258 e. The van der Waals surface area contributed by atoms with Crippen LogP contribution in [0.5, 0.6) is 0 Å². The summed E-state index contributed by atoms with van der Waals surface area (Å²) in [7, 11) is 3.50. The molecule has 6 nitrogen and oxygen atoms in total. The number of hydrogen-bond acceptors (Lipinski definition) is 4. The second kappa shape index (κ2) is 6.89. The highest BCUT2D eigenvalue weighted by atomic mass is 16.2. The number of carbonyl (C=O) groups is 1. The summed E-state index contributed by atoms with van der Waals surface area (Å²) >= 11 is 0. The number of amides is 1. The number of likely N-dealkylation sites (tertiary alicyclic amines) is 1.